The molecule has 0 unspecified atom stereocenters. The molecule has 0 aliphatic heterocycles. The maximum atomic E-state index is 11.4. The molecule has 0 amide bonds. The molecule has 1 aromatic rings. The van der Waals surface area contributed by atoms with Gasteiger partial charge >= 0.3 is 0 Å². The van der Waals surface area contributed by atoms with Crippen molar-refractivity contribution in [1.82, 2.24) is 0 Å². The van der Waals surface area contributed by atoms with E-state index < -0.39 is 11.0 Å². The summed E-state index contributed by atoms with van der Waals surface area (Å²) >= 11 is 0. The van der Waals surface area contributed by atoms with Crippen LogP contribution in [0.25, 0.3) is 0 Å². The van der Waals surface area contributed by atoms with Crippen LogP contribution in [0, 0.1) is 10.1 Å². The zero-order valence-corrected chi connectivity index (χ0v) is 10.0. The third-order valence-electron chi connectivity index (χ3n) is 2.49. The van der Waals surface area contributed by atoms with Crippen molar-refractivity contribution < 1.29 is 19.6 Å². The smallest absolute Gasteiger partial charge is 0.269 e. The first-order valence-corrected chi connectivity index (χ1v) is 5.47. The molecular formula is C12H15NO5. The summed E-state index contributed by atoms with van der Waals surface area (Å²) in [6.45, 7) is 0.325. The Morgan fingerprint density at radius 2 is 2.06 bits per heavy atom. The van der Waals surface area contributed by atoms with Crippen molar-refractivity contribution in [3.05, 3.63) is 39.9 Å². The molecule has 1 atom stereocenters. The van der Waals surface area contributed by atoms with E-state index in [0.717, 1.165) is 0 Å². The maximum absolute atomic E-state index is 11.4. The van der Waals surface area contributed by atoms with Crippen LogP contribution in [0.3, 0.4) is 0 Å². The van der Waals surface area contributed by atoms with Gasteiger partial charge in [0.1, 0.15) is 5.78 Å². The quantitative estimate of drug-likeness (QED) is 0.589. The lowest BCUT2D eigenvalue weighted by molar-refractivity contribution is -0.384. The van der Waals surface area contributed by atoms with Crippen LogP contribution in [0.5, 0.6) is 0 Å². The molecule has 0 saturated heterocycles. The van der Waals surface area contributed by atoms with Gasteiger partial charge in [0.15, 0.2) is 0 Å². The Balaban J connectivity index is 2.58. The summed E-state index contributed by atoms with van der Waals surface area (Å²) in [5.41, 5.74) is 0.447. The van der Waals surface area contributed by atoms with Crippen LogP contribution in [0.2, 0.25) is 0 Å². The topological polar surface area (TPSA) is 89.7 Å². The second-order valence-electron chi connectivity index (χ2n) is 3.85. The molecule has 1 rings (SSSR count). The predicted molar refractivity (Wildman–Crippen MR) is 64.2 cm³/mol. The van der Waals surface area contributed by atoms with E-state index in [1.165, 1.54) is 31.4 Å². The lowest BCUT2D eigenvalue weighted by Gasteiger charge is -2.09. The Morgan fingerprint density at radius 3 is 2.56 bits per heavy atom. The summed E-state index contributed by atoms with van der Waals surface area (Å²) in [5.74, 6) is -0.109. The van der Waals surface area contributed by atoms with E-state index in [1.54, 1.807) is 0 Å². The molecule has 0 bridgehead atoms. The summed E-state index contributed by atoms with van der Waals surface area (Å²) in [6, 6.07) is 5.51. The average molecular weight is 253 g/mol. The fourth-order valence-corrected chi connectivity index (χ4v) is 1.47. The van der Waals surface area contributed by atoms with Crippen molar-refractivity contribution in [3.8, 4) is 0 Å². The number of non-ortho nitro benzene ring substituents is 1. The highest BCUT2D eigenvalue weighted by molar-refractivity contribution is 5.79. The zero-order valence-electron chi connectivity index (χ0n) is 10.0. The second-order valence-corrected chi connectivity index (χ2v) is 3.85. The molecule has 0 aromatic heterocycles. The second kappa shape index (κ2) is 6.83. The van der Waals surface area contributed by atoms with Gasteiger partial charge in [0, 0.05) is 32.1 Å². The van der Waals surface area contributed by atoms with E-state index >= 15 is 0 Å². The van der Waals surface area contributed by atoms with Crippen molar-refractivity contribution in [2.45, 2.75) is 18.9 Å². The molecule has 0 fully saturated rings. The van der Waals surface area contributed by atoms with Crippen LogP contribution in [0.4, 0.5) is 5.69 Å². The zero-order chi connectivity index (χ0) is 13.5. The van der Waals surface area contributed by atoms with E-state index in [2.05, 4.69) is 0 Å². The van der Waals surface area contributed by atoms with Gasteiger partial charge in [-0.15, -0.1) is 0 Å². The summed E-state index contributed by atoms with van der Waals surface area (Å²) in [7, 11) is 1.50. The molecule has 6 heteroatoms. The number of nitro groups is 1. The van der Waals surface area contributed by atoms with E-state index in [9.17, 15) is 20.0 Å². The number of ketones is 1. The van der Waals surface area contributed by atoms with E-state index in [4.69, 9.17) is 4.74 Å². The first-order chi connectivity index (χ1) is 8.54. The first-order valence-electron chi connectivity index (χ1n) is 5.47. The van der Waals surface area contributed by atoms with Gasteiger partial charge in [-0.25, -0.2) is 0 Å². The van der Waals surface area contributed by atoms with Gasteiger partial charge in [0.05, 0.1) is 17.6 Å². The summed E-state index contributed by atoms with van der Waals surface area (Å²) in [5, 5.41) is 20.2. The molecule has 98 valence electrons. The first kappa shape index (κ1) is 14.3. The molecule has 0 aliphatic rings. The Morgan fingerprint density at radius 1 is 1.44 bits per heavy atom. The van der Waals surface area contributed by atoms with Crippen molar-refractivity contribution >= 4 is 11.5 Å². The Hall–Kier alpha value is -1.79. The van der Waals surface area contributed by atoms with E-state index in [1.807, 2.05) is 0 Å². The summed E-state index contributed by atoms with van der Waals surface area (Å²) in [4.78, 5) is 21.4. The summed E-state index contributed by atoms with van der Waals surface area (Å²) < 4.78 is 4.76. The van der Waals surface area contributed by atoms with Crippen LogP contribution < -0.4 is 0 Å². The monoisotopic (exact) mass is 253 g/mol. The van der Waals surface area contributed by atoms with Crippen molar-refractivity contribution in [3.63, 3.8) is 0 Å². The Kier molecular flexibility index (Phi) is 5.41. The standard InChI is InChI=1S/C12H15NO5/c1-18-7-6-11(14)8-12(15)9-2-4-10(5-3-9)13(16)17/h2-5,12,15H,6-8H2,1H3/t12-/m0/s1. The normalized spacial score (nSPS) is 12.1. The number of hydrogen-bond donors (Lipinski definition) is 1. The number of benzene rings is 1. The van der Waals surface area contributed by atoms with Crippen LogP contribution in [-0.2, 0) is 9.53 Å². The third-order valence-corrected chi connectivity index (χ3v) is 2.49. The summed E-state index contributed by atoms with van der Waals surface area (Å²) in [6.07, 6.45) is -0.697. The number of Topliss-reactive ketones (excluding diaryl/α,β-unsaturated/α-hetero) is 1. The molecule has 0 heterocycles. The molecule has 0 spiro atoms. The maximum Gasteiger partial charge on any atom is 0.269 e. The van der Waals surface area contributed by atoms with E-state index in [-0.39, 0.29) is 24.3 Å². The minimum Gasteiger partial charge on any atom is -0.388 e. The number of aliphatic hydroxyl groups excluding tert-OH is 1. The Labute approximate surface area is 104 Å². The molecule has 6 nitrogen and oxygen atoms in total. The van der Waals surface area contributed by atoms with Crippen LogP contribution >= 0.6 is 0 Å². The number of rotatable bonds is 7. The fourth-order valence-electron chi connectivity index (χ4n) is 1.47. The number of nitrogens with zero attached hydrogens (tertiary/aromatic N) is 1. The molecule has 1 N–H and O–H groups in total. The van der Waals surface area contributed by atoms with Crippen LogP contribution in [-0.4, -0.2) is 29.5 Å². The van der Waals surface area contributed by atoms with Crippen LogP contribution in [0.1, 0.15) is 24.5 Å². The van der Waals surface area contributed by atoms with Crippen molar-refractivity contribution in [1.29, 1.82) is 0 Å². The molecule has 0 radical (unpaired) electrons. The van der Waals surface area contributed by atoms with Gasteiger partial charge in [0.25, 0.3) is 5.69 Å². The average Bonchev–Trinajstić information content (AvgIpc) is 2.36. The van der Waals surface area contributed by atoms with Crippen molar-refractivity contribution in [2.75, 3.05) is 13.7 Å². The Bertz CT molecular complexity index is 415. The van der Waals surface area contributed by atoms with E-state index in [0.29, 0.717) is 12.2 Å². The number of carbonyl (C=O) groups excluding carboxylic acids is 1. The SMILES string of the molecule is COCCC(=O)C[C@H](O)c1ccc([N+](=O)[O-])cc1. The lowest BCUT2D eigenvalue weighted by atomic mass is 10.0. The molecular weight excluding hydrogens is 238 g/mol. The van der Waals surface area contributed by atoms with Crippen molar-refractivity contribution in [2.24, 2.45) is 0 Å². The minimum atomic E-state index is -0.935. The highest BCUT2D eigenvalue weighted by Crippen LogP contribution is 2.20. The minimum absolute atomic E-state index is 0.0127. The molecule has 1 aromatic carbocycles. The predicted octanol–water partition coefficient (Wildman–Crippen LogP) is 1.62. The highest BCUT2D eigenvalue weighted by atomic mass is 16.6. The molecule has 0 saturated carbocycles. The largest absolute Gasteiger partial charge is 0.388 e. The lowest BCUT2D eigenvalue weighted by Crippen LogP contribution is -2.08. The van der Waals surface area contributed by atoms with Gasteiger partial charge in [0.2, 0.25) is 0 Å². The molecule has 18 heavy (non-hydrogen) atoms. The number of carbonyl (C=O) groups is 1. The van der Waals surface area contributed by atoms with Crippen LogP contribution in [0.15, 0.2) is 24.3 Å². The number of nitro benzene ring substituents is 1. The third kappa shape index (κ3) is 4.23. The van der Waals surface area contributed by atoms with Gasteiger partial charge in [-0.1, -0.05) is 0 Å². The number of ether oxygens (including phenoxy) is 1. The number of aliphatic hydroxyl groups is 1. The number of hydrogen-bond acceptors (Lipinski definition) is 5. The van der Waals surface area contributed by atoms with Gasteiger partial charge in [-0.3, -0.25) is 14.9 Å². The van der Waals surface area contributed by atoms with Gasteiger partial charge in [-0.05, 0) is 17.7 Å². The van der Waals surface area contributed by atoms with Gasteiger partial charge < -0.3 is 9.84 Å². The highest BCUT2D eigenvalue weighted by Gasteiger charge is 2.14. The fraction of sp³-hybridized carbons (Fsp3) is 0.417. The molecule has 0 aliphatic carbocycles. The number of methoxy groups -OCH3 is 1. The van der Waals surface area contributed by atoms with Gasteiger partial charge in [-0.2, -0.15) is 0 Å².